The largest absolute Gasteiger partial charge is 0.493 e. The summed E-state index contributed by atoms with van der Waals surface area (Å²) in [7, 11) is 0. The van der Waals surface area contributed by atoms with Crippen molar-refractivity contribution >= 4 is 27.5 Å². The lowest BCUT2D eigenvalue weighted by molar-refractivity contribution is 0.440. The van der Waals surface area contributed by atoms with Gasteiger partial charge in [0.25, 0.3) is 5.56 Å². The molecule has 0 bridgehead atoms. The number of halogens is 2. The lowest BCUT2D eigenvalue weighted by Crippen LogP contribution is -2.16. The molecule has 19 heavy (non-hydrogen) atoms. The van der Waals surface area contributed by atoms with E-state index in [4.69, 9.17) is 11.6 Å². The zero-order valence-corrected chi connectivity index (χ0v) is 12.7. The van der Waals surface area contributed by atoms with E-state index in [1.165, 1.54) is 0 Å². The van der Waals surface area contributed by atoms with Gasteiger partial charge in [-0.3, -0.25) is 4.79 Å². The Labute approximate surface area is 123 Å². The van der Waals surface area contributed by atoms with Gasteiger partial charge in [0, 0.05) is 15.1 Å². The molecule has 0 atom stereocenters. The van der Waals surface area contributed by atoms with Crippen LogP contribution in [0.4, 0.5) is 0 Å². The minimum Gasteiger partial charge on any atom is -0.493 e. The minimum absolute atomic E-state index is 0.0982. The van der Waals surface area contributed by atoms with Crippen LogP contribution >= 0.6 is 27.5 Å². The molecule has 6 heteroatoms. The van der Waals surface area contributed by atoms with Gasteiger partial charge in [-0.05, 0) is 40.0 Å². The number of aromatic hydroxyl groups is 1. The molecule has 0 spiro atoms. The molecule has 0 aliphatic carbocycles. The summed E-state index contributed by atoms with van der Waals surface area (Å²) in [5, 5.41) is 10.4. The molecule has 1 aromatic carbocycles. The summed E-state index contributed by atoms with van der Waals surface area (Å²) in [6.45, 7) is 3.65. The van der Waals surface area contributed by atoms with E-state index in [2.05, 4.69) is 25.9 Å². The third-order valence-electron chi connectivity index (χ3n) is 2.70. The molecule has 2 N–H and O–H groups in total. The highest BCUT2D eigenvalue weighted by molar-refractivity contribution is 9.10. The second-order valence-corrected chi connectivity index (χ2v) is 5.72. The van der Waals surface area contributed by atoms with Crippen molar-refractivity contribution in [3.05, 3.63) is 43.6 Å². The molecule has 0 aliphatic rings. The molecule has 4 nitrogen and oxygen atoms in total. The first-order chi connectivity index (χ1) is 8.90. The lowest BCUT2D eigenvalue weighted by Gasteiger charge is -2.09. The number of nitrogens with zero attached hydrogens (tertiary/aromatic N) is 1. The third kappa shape index (κ3) is 2.82. The zero-order valence-electron chi connectivity index (χ0n) is 10.4. The van der Waals surface area contributed by atoms with Crippen molar-refractivity contribution in [3.8, 4) is 17.3 Å². The number of rotatable bonds is 2. The highest BCUT2D eigenvalue weighted by atomic mass is 79.9. The SMILES string of the molecule is CC(C)c1c(O)nc(-c2ccc(Cl)cc2Br)[nH]c1=O. The standard InChI is InChI=1S/C13H12BrClN2O2/c1-6(2)10-12(18)16-11(17-13(10)19)8-4-3-7(15)5-9(8)14/h3-6H,1-2H3,(H2,16,17,18,19). The van der Waals surface area contributed by atoms with Crippen molar-refractivity contribution in [1.29, 1.82) is 0 Å². The quantitative estimate of drug-likeness (QED) is 0.874. The van der Waals surface area contributed by atoms with Crippen LogP contribution in [0.5, 0.6) is 5.88 Å². The molecular weight excluding hydrogens is 332 g/mol. The van der Waals surface area contributed by atoms with Crippen LogP contribution in [0, 0.1) is 0 Å². The van der Waals surface area contributed by atoms with Gasteiger partial charge in [-0.15, -0.1) is 0 Å². The zero-order chi connectivity index (χ0) is 14.2. The summed E-state index contributed by atoms with van der Waals surface area (Å²) in [6.07, 6.45) is 0. The smallest absolute Gasteiger partial charge is 0.258 e. The Morgan fingerprint density at radius 1 is 1.42 bits per heavy atom. The molecule has 100 valence electrons. The van der Waals surface area contributed by atoms with E-state index in [1.54, 1.807) is 18.2 Å². The Bertz CT molecular complexity index is 683. The molecule has 1 heterocycles. The van der Waals surface area contributed by atoms with Crippen LogP contribution in [-0.2, 0) is 0 Å². The predicted octanol–water partition coefficient (Wildman–Crippen LogP) is 3.68. The van der Waals surface area contributed by atoms with E-state index in [-0.39, 0.29) is 22.9 Å². The molecule has 0 aliphatic heterocycles. The first kappa shape index (κ1) is 14.1. The number of nitrogens with one attached hydrogen (secondary N) is 1. The van der Waals surface area contributed by atoms with Crippen LogP contribution in [-0.4, -0.2) is 15.1 Å². The second kappa shape index (κ2) is 5.35. The highest BCUT2D eigenvalue weighted by Crippen LogP contribution is 2.29. The molecule has 0 unspecified atom stereocenters. The first-order valence-corrected chi connectivity index (χ1v) is 6.86. The number of H-pyrrole nitrogens is 1. The predicted molar refractivity (Wildman–Crippen MR) is 78.8 cm³/mol. The average molecular weight is 344 g/mol. The van der Waals surface area contributed by atoms with Gasteiger partial charge in [0.15, 0.2) is 0 Å². The Kier molecular flexibility index (Phi) is 3.96. The van der Waals surface area contributed by atoms with Crippen molar-refractivity contribution in [3.63, 3.8) is 0 Å². The number of benzene rings is 1. The van der Waals surface area contributed by atoms with Crippen LogP contribution in [0.1, 0.15) is 25.3 Å². The number of aromatic nitrogens is 2. The first-order valence-electron chi connectivity index (χ1n) is 5.68. The number of hydrogen-bond donors (Lipinski definition) is 2. The van der Waals surface area contributed by atoms with Gasteiger partial charge in [0.05, 0.1) is 5.56 Å². The van der Waals surface area contributed by atoms with Gasteiger partial charge in [-0.1, -0.05) is 25.4 Å². The van der Waals surface area contributed by atoms with Gasteiger partial charge in [0.1, 0.15) is 5.82 Å². The molecular formula is C13H12BrClN2O2. The van der Waals surface area contributed by atoms with Crippen LogP contribution in [0.15, 0.2) is 27.5 Å². The van der Waals surface area contributed by atoms with E-state index >= 15 is 0 Å². The van der Waals surface area contributed by atoms with Gasteiger partial charge >= 0.3 is 0 Å². The number of hydrogen-bond acceptors (Lipinski definition) is 3. The maximum Gasteiger partial charge on any atom is 0.258 e. The monoisotopic (exact) mass is 342 g/mol. The van der Waals surface area contributed by atoms with Crippen LogP contribution < -0.4 is 5.56 Å². The van der Waals surface area contributed by atoms with E-state index in [0.29, 0.717) is 20.9 Å². The summed E-state index contributed by atoms with van der Waals surface area (Å²) in [4.78, 5) is 18.7. The van der Waals surface area contributed by atoms with E-state index in [0.717, 1.165) is 0 Å². The van der Waals surface area contributed by atoms with Crippen molar-refractivity contribution in [1.82, 2.24) is 9.97 Å². The van der Waals surface area contributed by atoms with Gasteiger partial charge < -0.3 is 10.1 Å². The summed E-state index contributed by atoms with van der Waals surface area (Å²) >= 11 is 9.21. The Balaban J connectivity index is 2.62. The molecule has 0 radical (unpaired) electrons. The number of aromatic amines is 1. The summed E-state index contributed by atoms with van der Waals surface area (Å²) in [5.41, 5.74) is 0.611. The van der Waals surface area contributed by atoms with Gasteiger partial charge in [0.2, 0.25) is 5.88 Å². The average Bonchev–Trinajstić information content (AvgIpc) is 2.26. The molecule has 0 amide bonds. The lowest BCUT2D eigenvalue weighted by atomic mass is 10.1. The molecule has 0 fully saturated rings. The van der Waals surface area contributed by atoms with Gasteiger partial charge in [-0.25, -0.2) is 0 Å². The molecule has 0 saturated carbocycles. The molecule has 1 aromatic heterocycles. The minimum atomic E-state index is -0.334. The Morgan fingerprint density at radius 2 is 2.11 bits per heavy atom. The summed E-state index contributed by atoms with van der Waals surface area (Å²) in [5.74, 6) is -0.0370. The fourth-order valence-electron chi connectivity index (χ4n) is 1.80. The van der Waals surface area contributed by atoms with Crippen LogP contribution in [0.2, 0.25) is 5.02 Å². The third-order valence-corrected chi connectivity index (χ3v) is 3.59. The van der Waals surface area contributed by atoms with E-state index in [1.807, 2.05) is 13.8 Å². The molecule has 2 rings (SSSR count). The fourth-order valence-corrected chi connectivity index (χ4v) is 2.67. The van der Waals surface area contributed by atoms with E-state index < -0.39 is 0 Å². The highest BCUT2D eigenvalue weighted by Gasteiger charge is 2.16. The maximum absolute atomic E-state index is 12.0. The second-order valence-electron chi connectivity index (χ2n) is 4.43. The Hall–Kier alpha value is -1.33. The van der Waals surface area contributed by atoms with Gasteiger partial charge in [-0.2, -0.15) is 4.98 Å². The maximum atomic E-state index is 12.0. The van der Waals surface area contributed by atoms with E-state index in [9.17, 15) is 9.90 Å². The topological polar surface area (TPSA) is 66.0 Å². The van der Waals surface area contributed by atoms with Crippen LogP contribution in [0.25, 0.3) is 11.4 Å². The van der Waals surface area contributed by atoms with Crippen molar-refractivity contribution in [2.24, 2.45) is 0 Å². The van der Waals surface area contributed by atoms with Crippen molar-refractivity contribution < 1.29 is 5.11 Å². The molecule has 0 saturated heterocycles. The fraction of sp³-hybridized carbons (Fsp3) is 0.231. The Morgan fingerprint density at radius 3 is 2.63 bits per heavy atom. The molecule has 2 aromatic rings. The van der Waals surface area contributed by atoms with Crippen LogP contribution in [0.3, 0.4) is 0 Å². The van der Waals surface area contributed by atoms with Crippen molar-refractivity contribution in [2.75, 3.05) is 0 Å². The normalized spacial score (nSPS) is 11.0. The summed E-state index contributed by atoms with van der Waals surface area (Å²) < 4.78 is 0.694. The summed E-state index contributed by atoms with van der Waals surface area (Å²) in [6, 6.07) is 5.11. The van der Waals surface area contributed by atoms with Crippen molar-refractivity contribution in [2.45, 2.75) is 19.8 Å².